The van der Waals surface area contributed by atoms with Crippen molar-refractivity contribution < 1.29 is 14.4 Å². The summed E-state index contributed by atoms with van der Waals surface area (Å²) < 4.78 is 10.3. The average Bonchev–Trinajstić information content (AvgIpc) is 2.56. The van der Waals surface area contributed by atoms with Gasteiger partial charge in [0.1, 0.15) is 11.5 Å². The number of hydrogen-bond acceptors (Lipinski definition) is 5. The molecule has 0 bridgehead atoms. The summed E-state index contributed by atoms with van der Waals surface area (Å²) in [5.74, 6) is 1.09. The lowest BCUT2D eigenvalue weighted by atomic mass is 10.2. The molecule has 0 aliphatic rings. The second kappa shape index (κ2) is 7.60. The summed E-state index contributed by atoms with van der Waals surface area (Å²) in [5.41, 5.74) is 2.28. The highest BCUT2D eigenvalue weighted by molar-refractivity contribution is 7.80. The van der Waals surface area contributed by atoms with Crippen LogP contribution in [0.3, 0.4) is 0 Å². The lowest BCUT2D eigenvalue weighted by Crippen LogP contribution is -2.20. The Morgan fingerprint density at radius 3 is 2.33 bits per heavy atom. The van der Waals surface area contributed by atoms with Gasteiger partial charge in [-0.15, -0.1) is 0 Å². The fourth-order valence-corrected chi connectivity index (χ4v) is 2.30. The Labute approximate surface area is 144 Å². The summed E-state index contributed by atoms with van der Waals surface area (Å²) in [4.78, 5) is 10.3. The number of benzene rings is 2. The van der Waals surface area contributed by atoms with E-state index in [0.29, 0.717) is 16.5 Å². The molecule has 0 aliphatic heterocycles. The van der Waals surface area contributed by atoms with Gasteiger partial charge in [0, 0.05) is 11.8 Å². The largest absolute Gasteiger partial charge is 0.497 e. The van der Waals surface area contributed by atoms with Gasteiger partial charge in [-0.3, -0.25) is 10.1 Å². The Morgan fingerprint density at radius 1 is 1.08 bits per heavy atom. The Morgan fingerprint density at radius 2 is 1.75 bits per heavy atom. The first kappa shape index (κ1) is 17.5. The fourth-order valence-electron chi connectivity index (χ4n) is 2.08. The summed E-state index contributed by atoms with van der Waals surface area (Å²) in [7, 11) is 3.04. The molecule has 0 saturated heterocycles. The van der Waals surface area contributed by atoms with Gasteiger partial charge in [-0.2, -0.15) is 0 Å². The molecule has 0 heterocycles. The lowest BCUT2D eigenvalue weighted by Gasteiger charge is -2.15. The van der Waals surface area contributed by atoms with Crippen LogP contribution >= 0.6 is 12.2 Å². The first-order chi connectivity index (χ1) is 11.4. The van der Waals surface area contributed by atoms with E-state index in [0.717, 1.165) is 17.0 Å². The van der Waals surface area contributed by atoms with Crippen molar-refractivity contribution in [1.29, 1.82) is 0 Å². The number of methoxy groups -OCH3 is 2. The molecular weight excluding hydrogens is 330 g/mol. The van der Waals surface area contributed by atoms with Crippen LogP contribution in [0.4, 0.5) is 17.1 Å². The molecule has 2 N–H and O–H groups in total. The van der Waals surface area contributed by atoms with Gasteiger partial charge in [0.2, 0.25) is 0 Å². The van der Waals surface area contributed by atoms with E-state index in [1.807, 2.05) is 25.1 Å². The fraction of sp³-hybridized carbons (Fsp3) is 0.188. The summed E-state index contributed by atoms with van der Waals surface area (Å²) in [5, 5.41) is 17.2. The molecule has 24 heavy (non-hydrogen) atoms. The molecule has 0 spiro atoms. The van der Waals surface area contributed by atoms with Gasteiger partial charge in [0.25, 0.3) is 5.69 Å². The van der Waals surface area contributed by atoms with Crippen molar-refractivity contribution in [3.8, 4) is 11.5 Å². The minimum atomic E-state index is -0.483. The zero-order valence-corrected chi connectivity index (χ0v) is 14.3. The Kier molecular flexibility index (Phi) is 5.54. The zero-order chi connectivity index (χ0) is 17.7. The number of non-ortho nitro benzene ring substituents is 1. The van der Waals surface area contributed by atoms with Crippen LogP contribution in [0.1, 0.15) is 5.56 Å². The van der Waals surface area contributed by atoms with E-state index in [1.165, 1.54) is 19.2 Å². The first-order valence-corrected chi connectivity index (χ1v) is 7.40. The number of nitro benzene ring substituents is 1. The number of thiocarbonyl (C=S) groups is 1. The van der Waals surface area contributed by atoms with E-state index in [9.17, 15) is 10.1 Å². The maximum Gasteiger partial charge on any atom is 0.273 e. The third-order valence-corrected chi connectivity index (χ3v) is 3.53. The number of nitrogens with zero attached hydrogens (tertiary/aromatic N) is 1. The van der Waals surface area contributed by atoms with Crippen LogP contribution in [0.5, 0.6) is 11.5 Å². The van der Waals surface area contributed by atoms with Crippen LogP contribution in [0.25, 0.3) is 0 Å². The summed E-state index contributed by atoms with van der Waals surface area (Å²) >= 11 is 5.29. The number of aryl methyl sites for hydroxylation is 1. The predicted molar refractivity (Wildman–Crippen MR) is 97.2 cm³/mol. The van der Waals surface area contributed by atoms with Crippen LogP contribution in [0, 0.1) is 17.0 Å². The van der Waals surface area contributed by atoms with Gasteiger partial charge in [-0.05, 0) is 49.0 Å². The topological polar surface area (TPSA) is 85.7 Å². The Bertz CT molecular complexity index is 780. The molecule has 7 nitrogen and oxygen atoms in total. The van der Waals surface area contributed by atoms with Crippen molar-refractivity contribution in [2.75, 3.05) is 24.9 Å². The van der Waals surface area contributed by atoms with E-state index in [4.69, 9.17) is 21.7 Å². The molecule has 0 saturated carbocycles. The van der Waals surface area contributed by atoms with E-state index >= 15 is 0 Å². The van der Waals surface area contributed by atoms with Gasteiger partial charge >= 0.3 is 0 Å². The number of anilines is 2. The molecule has 0 aliphatic carbocycles. The van der Waals surface area contributed by atoms with Gasteiger partial charge in [0.15, 0.2) is 5.11 Å². The summed E-state index contributed by atoms with van der Waals surface area (Å²) in [6.07, 6.45) is 0. The second-order valence-electron chi connectivity index (χ2n) is 4.90. The molecule has 0 unspecified atom stereocenters. The van der Waals surface area contributed by atoms with Gasteiger partial charge in [-0.25, -0.2) is 0 Å². The number of hydrogen-bond donors (Lipinski definition) is 2. The maximum atomic E-state index is 10.8. The molecule has 0 radical (unpaired) electrons. The molecule has 126 valence electrons. The third kappa shape index (κ3) is 4.11. The highest BCUT2D eigenvalue weighted by atomic mass is 32.1. The smallest absolute Gasteiger partial charge is 0.273 e. The van der Waals surface area contributed by atoms with Crippen molar-refractivity contribution in [3.63, 3.8) is 0 Å². The van der Waals surface area contributed by atoms with Crippen molar-refractivity contribution in [1.82, 2.24) is 0 Å². The van der Waals surface area contributed by atoms with Crippen LogP contribution < -0.4 is 20.1 Å². The number of ether oxygens (including phenoxy) is 2. The predicted octanol–water partition coefficient (Wildman–Crippen LogP) is 3.73. The van der Waals surface area contributed by atoms with Crippen molar-refractivity contribution in [2.24, 2.45) is 0 Å². The van der Waals surface area contributed by atoms with Gasteiger partial charge in [0.05, 0.1) is 30.9 Å². The lowest BCUT2D eigenvalue weighted by molar-refractivity contribution is -0.384. The normalized spacial score (nSPS) is 9.96. The summed E-state index contributed by atoms with van der Waals surface area (Å²) in [6.45, 7) is 1.93. The van der Waals surface area contributed by atoms with Crippen molar-refractivity contribution >= 4 is 34.4 Å². The molecule has 0 aromatic heterocycles. The third-order valence-electron chi connectivity index (χ3n) is 3.33. The van der Waals surface area contributed by atoms with Crippen molar-refractivity contribution in [2.45, 2.75) is 6.92 Å². The second-order valence-corrected chi connectivity index (χ2v) is 5.31. The molecule has 2 aromatic rings. The Balaban J connectivity index is 2.13. The molecule has 8 heteroatoms. The summed E-state index contributed by atoms with van der Waals surface area (Å²) in [6, 6.07) is 9.83. The minimum absolute atomic E-state index is 0.0534. The standard InChI is InChI=1S/C16H17N3O4S/c1-10-8-12(22-2)5-7-13(10)17-16(24)18-14-6-4-11(19(20)21)9-15(14)23-3/h4-9H,1-3H3,(H2,17,18,24). The molecule has 2 rings (SSSR count). The van der Waals surface area contributed by atoms with E-state index in [-0.39, 0.29) is 5.69 Å². The van der Waals surface area contributed by atoms with Crippen LogP contribution in [0.2, 0.25) is 0 Å². The van der Waals surface area contributed by atoms with Crippen LogP contribution in [-0.4, -0.2) is 24.3 Å². The number of nitro groups is 1. The van der Waals surface area contributed by atoms with E-state index < -0.39 is 4.92 Å². The van der Waals surface area contributed by atoms with Crippen molar-refractivity contribution in [3.05, 3.63) is 52.1 Å². The zero-order valence-electron chi connectivity index (χ0n) is 13.5. The van der Waals surface area contributed by atoms with E-state index in [1.54, 1.807) is 13.2 Å². The molecule has 0 atom stereocenters. The highest BCUT2D eigenvalue weighted by Gasteiger charge is 2.12. The van der Waals surface area contributed by atoms with Crippen LogP contribution in [-0.2, 0) is 0 Å². The first-order valence-electron chi connectivity index (χ1n) is 6.99. The monoisotopic (exact) mass is 347 g/mol. The van der Waals surface area contributed by atoms with Gasteiger partial charge < -0.3 is 20.1 Å². The number of rotatable bonds is 5. The molecular formula is C16H17N3O4S. The molecule has 0 amide bonds. The Hall–Kier alpha value is -2.87. The minimum Gasteiger partial charge on any atom is -0.497 e. The maximum absolute atomic E-state index is 10.8. The highest BCUT2D eigenvalue weighted by Crippen LogP contribution is 2.29. The quantitative estimate of drug-likeness (QED) is 0.484. The molecule has 0 fully saturated rings. The SMILES string of the molecule is COc1ccc(NC(=S)Nc2ccc([N+](=O)[O-])cc2OC)c(C)c1. The van der Waals surface area contributed by atoms with Crippen LogP contribution in [0.15, 0.2) is 36.4 Å². The number of nitrogens with one attached hydrogen (secondary N) is 2. The average molecular weight is 347 g/mol. The molecule has 2 aromatic carbocycles. The van der Waals surface area contributed by atoms with E-state index in [2.05, 4.69) is 10.6 Å². The van der Waals surface area contributed by atoms with Gasteiger partial charge in [-0.1, -0.05) is 0 Å².